The Labute approximate surface area is 163 Å². The molecule has 2 aromatic carbocycles. The van der Waals surface area contributed by atoms with Crippen LogP contribution in [0.25, 0.3) is 0 Å². The number of aryl methyl sites for hydroxylation is 1. The summed E-state index contributed by atoms with van der Waals surface area (Å²) in [6.45, 7) is 2.16. The maximum Gasteiger partial charge on any atom is 0.270 e. The summed E-state index contributed by atoms with van der Waals surface area (Å²) < 4.78 is 5.12. The first-order valence-electron chi connectivity index (χ1n) is 8.61. The maximum atomic E-state index is 12.5. The Morgan fingerprint density at radius 2 is 1.93 bits per heavy atom. The number of aromatic nitrogens is 2. The molecular formula is C21H19N5O2. The number of benzene rings is 2. The summed E-state index contributed by atoms with van der Waals surface area (Å²) in [6, 6.07) is 18.1. The number of carbonyl (C=O) groups is 1. The van der Waals surface area contributed by atoms with E-state index in [1.807, 2.05) is 24.3 Å². The second-order valence-electron chi connectivity index (χ2n) is 6.07. The van der Waals surface area contributed by atoms with Gasteiger partial charge in [0.25, 0.3) is 5.91 Å². The predicted octanol–water partition coefficient (Wildman–Crippen LogP) is 3.34. The normalized spacial score (nSPS) is 10.0. The molecule has 3 aromatic rings. The molecule has 7 heteroatoms. The van der Waals surface area contributed by atoms with Crippen LogP contribution in [0.4, 0.5) is 11.6 Å². The highest BCUT2D eigenvalue weighted by Gasteiger charge is 2.11. The van der Waals surface area contributed by atoms with E-state index in [0.717, 1.165) is 11.3 Å². The second kappa shape index (κ2) is 8.64. The molecular weight excluding hydrogens is 354 g/mol. The van der Waals surface area contributed by atoms with E-state index in [2.05, 4.69) is 26.7 Å². The van der Waals surface area contributed by atoms with Gasteiger partial charge in [-0.1, -0.05) is 18.2 Å². The zero-order valence-electron chi connectivity index (χ0n) is 15.6. The Morgan fingerprint density at radius 3 is 2.64 bits per heavy atom. The van der Waals surface area contributed by atoms with Crippen LogP contribution in [0.1, 0.15) is 27.3 Å². The Kier molecular flexibility index (Phi) is 5.82. The van der Waals surface area contributed by atoms with Crippen molar-refractivity contribution in [2.24, 2.45) is 0 Å². The topological polar surface area (TPSA) is 99.9 Å². The van der Waals surface area contributed by atoms with E-state index in [1.54, 1.807) is 44.4 Å². The van der Waals surface area contributed by atoms with Gasteiger partial charge < -0.3 is 15.4 Å². The van der Waals surface area contributed by atoms with Gasteiger partial charge in [0.15, 0.2) is 0 Å². The van der Waals surface area contributed by atoms with Crippen LogP contribution in [0.15, 0.2) is 54.6 Å². The molecule has 28 heavy (non-hydrogen) atoms. The van der Waals surface area contributed by atoms with Crippen molar-refractivity contribution in [2.75, 3.05) is 12.4 Å². The molecule has 3 rings (SSSR count). The van der Waals surface area contributed by atoms with Crippen LogP contribution in [0.3, 0.4) is 0 Å². The lowest BCUT2D eigenvalue weighted by Gasteiger charge is -2.09. The zero-order valence-corrected chi connectivity index (χ0v) is 15.6. The molecule has 1 amide bonds. The number of nitrogens with one attached hydrogen (secondary N) is 2. The Bertz CT molecular complexity index is 1030. The molecule has 0 fully saturated rings. The molecule has 0 radical (unpaired) electrons. The number of carbonyl (C=O) groups excluding carboxylic acids is 1. The lowest BCUT2D eigenvalue weighted by Crippen LogP contribution is -2.24. The van der Waals surface area contributed by atoms with Gasteiger partial charge in [-0.3, -0.25) is 4.79 Å². The van der Waals surface area contributed by atoms with E-state index in [1.165, 1.54) is 0 Å². The van der Waals surface area contributed by atoms with Crippen molar-refractivity contribution in [1.82, 2.24) is 15.3 Å². The number of amides is 1. The summed E-state index contributed by atoms with van der Waals surface area (Å²) in [7, 11) is 1.61. The van der Waals surface area contributed by atoms with Crippen LogP contribution < -0.4 is 15.4 Å². The molecule has 0 unspecified atom stereocenters. The number of nitriles is 1. The zero-order chi connectivity index (χ0) is 19.9. The van der Waals surface area contributed by atoms with Crippen LogP contribution in [-0.4, -0.2) is 23.0 Å². The molecule has 140 valence electrons. The number of anilines is 2. The molecule has 0 saturated carbocycles. The Hall–Kier alpha value is -3.92. The van der Waals surface area contributed by atoms with Crippen molar-refractivity contribution in [3.05, 3.63) is 77.1 Å². The molecule has 1 heterocycles. The van der Waals surface area contributed by atoms with Crippen molar-refractivity contribution < 1.29 is 9.53 Å². The van der Waals surface area contributed by atoms with E-state index in [-0.39, 0.29) is 11.6 Å². The third-order valence-electron chi connectivity index (χ3n) is 3.95. The molecule has 1 aromatic heterocycles. The fourth-order valence-corrected chi connectivity index (χ4v) is 2.55. The standard InChI is InChI=1S/C21H19N5O2/c1-14-10-19(20(27)23-13-15-6-8-18(28-2)9-7-15)26-21(24-14)25-17-5-3-4-16(11-17)12-22/h3-11H,13H2,1-2H3,(H,23,27)(H,24,25,26). The molecule has 2 N–H and O–H groups in total. The van der Waals surface area contributed by atoms with Crippen LogP contribution in [0, 0.1) is 18.3 Å². The first-order chi connectivity index (χ1) is 13.6. The van der Waals surface area contributed by atoms with Gasteiger partial charge in [-0.25, -0.2) is 9.97 Å². The monoisotopic (exact) mass is 373 g/mol. The number of nitrogens with zero attached hydrogens (tertiary/aromatic N) is 3. The molecule has 0 atom stereocenters. The van der Waals surface area contributed by atoms with E-state index in [9.17, 15) is 4.79 Å². The minimum atomic E-state index is -0.296. The van der Waals surface area contributed by atoms with Gasteiger partial charge in [-0.2, -0.15) is 5.26 Å². The van der Waals surface area contributed by atoms with Crippen molar-refractivity contribution in [1.29, 1.82) is 5.26 Å². The summed E-state index contributed by atoms with van der Waals surface area (Å²) in [5.74, 6) is 0.762. The van der Waals surface area contributed by atoms with Crippen molar-refractivity contribution in [3.8, 4) is 11.8 Å². The number of rotatable bonds is 6. The van der Waals surface area contributed by atoms with Crippen LogP contribution in [0.2, 0.25) is 0 Å². The van der Waals surface area contributed by atoms with Crippen LogP contribution >= 0.6 is 0 Å². The lowest BCUT2D eigenvalue weighted by atomic mass is 10.2. The number of ether oxygens (including phenoxy) is 1. The van der Waals surface area contributed by atoms with Crippen molar-refractivity contribution in [2.45, 2.75) is 13.5 Å². The van der Waals surface area contributed by atoms with E-state index < -0.39 is 0 Å². The van der Waals surface area contributed by atoms with E-state index in [4.69, 9.17) is 10.00 Å². The number of hydrogen-bond acceptors (Lipinski definition) is 6. The first-order valence-corrected chi connectivity index (χ1v) is 8.61. The smallest absolute Gasteiger partial charge is 0.270 e. The second-order valence-corrected chi connectivity index (χ2v) is 6.07. The van der Waals surface area contributed by atoms with Crippen LogP contribution in [-0.2, 0) is 6.54 Å². The highest BCUT2D eigenvalue weighted by molar-refractivity contribution is 5.92. The largest absolute Gasteiger partial charge is 0.497 e. The molecule has 0 bridgehead atoms. The molecule has 7 nitrogen and oxygen atoms in total. The summed E-state index contributed by atoms with van der Waals surface area (Å²) >= 11 is 0. The van der Waals surface area contributed by atoms with Crippen LogP contribution in [0.5, 0.6) is 5.75 Å². The van der Waals surface area contributed by atoms with Gasteiger partial charge in [0, 0.05) is 17.9 Å². The number of methoxy groups -OCH3 is 1. The van der Waals surface area contributed by atoms with Gasteiger partial charge in [0.1, 0.15) is 11.4 Å². The van der Waals surface area contributed by atoms with Gasteiger partial charge in [0.05, 0.1) is 18.7 Å². The average molecular weight is 373 g/mol. The minimum absolute atomic E-state index is 0.264. The van der Waals surface area contributed by atoms with Crippen molar-refractivity contribution in [3.63, 3.8) is 0 Å². The SMILES string of the molecule is COc1ccc(CNC(=O)c2cc(C)nc(Nc3cccc(C#N)c3)n2)cc1. The minimum Gasteiger partial charge on any atom is -0.497 e. The van der Waals surface area contributed by atoms with E-state index >= 15 is 0 Å². The third-order valence-corrected chi connectivity index (χ3v) is 3.95. The molecule has 0 aliphatic rings. The third kappa shape index (κ3) is 4.83. The summed E-state index contributed by atoms with van der Waals surface area (Å²) in [4.78, 5) is 21.1. The fraction of sp³-hybridized carbons (Fsp3) is 0.143. The van der Waals surface area contributed by atoms with E-state index in [0.29, 0.717) is 29.4 Å². The molecule has 0 saturated heterocycles. The Morgan fingerprint density at radius 1 is 1.14 bits per heavy atom. The summed E-state index contributed by atoms with van der Waals surface area (Å²) in [5.41, 5.74) is 3.07. The summed E-state index contributed by atoms with van der Waals surface area (Å²) in [6.07, 6.45) is 0. The highest BCUT2D eigenvalue weighted by atomic mass is 16.5. The molecule has 0 aliphatic heterocycles. The molecule has 0 aliphatic carbocycles. The van der Waals surface area contributed by atoms with Gasteiger partial charge in [0.2, 0.25) is 5.95 Å². The van der Waals surface area contributed by atoms with Gasteiger partial charge in [-0.05, 0) is 48.9 Å². The highest BCUT2D eigenvalue weighted by Crippen LogP contribution is 2.16. The van der Waals surface area contributed by atoms with Gasteiger partial charge in [-0.15, -0.1) is 0 Å². The fourth-order valence-electron chi connectivity index (χ4n) is 2.55. The maximum absolute atomic E-state index is 12.5. The molecule has 0 spiro atoms. The van der Waals surface area contributed by atoms with Crippen molar-refractivity contribution >= 4 is 17.5 Å². The first kappa shape index (κ1) is 18.9. The number of hydrogen-bond donors (Lipinski definition) is 2. The summed E-state index contributed by atoms with van der Waals surface area (Å²) in [5, 5.41) is 14.9. The lowest BCUT2D eigenvalue weighted by molar-refractivity contribution is 0.0945. The Balaban J connectivity index is 1.70. The predicted molar refractivity (Wildman–Crippen MR) is 105 cm³/mol. The average Bonchev–Trinajstić information content (AvgIpc) is 2.72. The van der Waals surface area contributed by atoms with Gasteiger partial charge >= 0.3 is 0 Å². The quantitative estimate of drug-likeness (QED) is 0.687.